The molecule has 0 spiro atoms. The molecule has 0 unspecified atom stereocenters. The quantitative estimate of drug-likeness (QED) is 0.887. The molecule has 0 aromatic carbocycles. The van der Waals surface area contributed by atoms with Crippen LogP contribution in [0.2, 0.25) is 0 Å². The number of hydrogen-bond acceptors (Lipinski definition) is 5. The molecule has 3 N–H and O–H groups in total. The van der Waals surface area contributed by atoms with Crippen LogP contribution in [0, 0.1) is 5.92 Å². The Kier molecular flexibility index (Phi) is 4.21. The van der Waals surface area contributed by atoms with E-state index in [1.807, 2.05) is 0 Å². The van der Waals surface area contributed by atoms with E-state index >= 15 is 0 Å². The minimum absolute atomic E-state index is 0.0998. The molecule has 0 bridgehead atoms. The van der Waals surface area contributed by atoms with Gasteiger partial charge in [-0.1, -0.05) is 12.8 Å². The summed E-state index contributed by atoms with van der Waals surface area (Å²) < 4.78 is 0. The van der Waals surface area contributed by atoms with Crippen LogP contribution in [0.1, 0.15) is 42.6 Å². The molecule has 2 aliphatic rings. The number of nitrogens with zero attached hydrogens (tertiary/aromatic N) is 2. The van der Waals surface area contributed by atoms with Gasteiger partial charge in [0.25, 0.3) is 5.91 Å². The van der Waals surface area contributed by atoms with Gasteiger partial charge in [-0.25, -0.2) is 4.98 Å². The van der Waals surface area contributed by atoms with Gasteiger partial charge in [-0.05, 0) is 31.7 Å². The molecular weight excluding hydrogens is 272 g/mol. The third-order valence-corrected chi connectivity index (χ3v) is 5.14. The number of aromatic nitrogens is 1. The Balaban J connectivity index is 1.44. The van der Waals surface area contributed by atoms with Crippen molar-refractivity contribution in [3.63, 3.8) is 0 Å². The lowest BCUT2D eigenvalue weighted by atomic mass is 10.1. The summed E-state index contributed by atoms with van der Waals surface area (Å²) in [5, 5.41) is 5.15. The summed E-state index contributed by atoms with van der Waals surface area (Å²) in [5.41, 5.74) is 5.99. The third-order valence-electron chi connectivity index (χ3n) is 4.46. The number of nitrogens with one attached hydrogen (secondary N) is 1. The fraction of sp³-hybridized carbons (Fsp3) is 0.714. The van der Waals surface area contributed by atoms with Crippen LogP contribution in [0.15, 0.2) is 5.38 Å². The van der Waals surface area contributed by atoms with Gasteiger partial charge in [-0.15, -0.1) is 11.3 Å². The zero-order valence-electron chi connectivity index (χ0n) is 11.7. The van der Waals surface area contributed by atoms with Gasteiger partial charge in [0.05, 0.1) is 0 Å². The zero-order valence-corrected chi connectivity index (χ0v) is 12.5. The van der Waals surface area contributed by atoms with E-state index in [1.165, 1.54) is 50.0 Å². The summed E-state index contributed by atoms with van der Waals surface area (Å²) in [5.74, 6) is 0.479. The van der Waals surface area contributed by atoms with Crippen molar-refractivity contribution in [1.82, 2.24) is 15.2 Å². The van der Waals surface area contributed by atoms with Gasteiger partial charge >= 0.3 is 0 Å². The highest BCUT2D eigenvalue weighted by molar-refractivity contribution is 7.13. The van der Waals surface area contributed by atoms with E-state index in [-0.39, 0.29) is 5.91 Å². The van der Waals surface area contributed by atoms with Crippen molar-refractivity contribution in [3.8, 4) is 0 Å². The van der Waals surface area contributed by atoms with Crippen LogP contribution in [0.3, 0.4) is 0 Å². The highest BCUT2D eigenvalue weighted by Crippen LogP contribution is 2.28. The van der Waals surface area contributed by atoms with Crippen molar-refractivity contribution >= 4 is 22.4 Å². The van der Waals surface area contributed by atoms with E-state index < -0.39 is 0 Å². The smallest absolute Gasteiger partial charge is 0.270 e. The van der Waals surface area contributed by atoms with Gasteiger partial charge in [-0.2, -0.15) is 0 Å². The summed E-state index contributed by atoms with van der Waals surface area (Å²) >= 11 is 1.31. The fourth-order valence-electron chi connectivity index (χ4n) is 3.35. The van der Waals surface area contributed by atoms with Crippen LogP contribution in [0.5, 0.6) is 0 Å². The van der Waals surface area contributed by atoms with E-state index in [4.69, 9.17) is 5.73 Å². The minimum atomic E-state index is -0.0998. The molecule has 1 aromatic heterocycles. The molecule has 110 valence electrons. The summed E-state index contributed by atoms with van der Waals surface area (Å²) in [7, 11) is 0. The predicted molar refractivity (Wildman–Crippen MR) is 80.8 cm³/mol. The molecule has 20 heavy (non-hydrogen) atoms. The molecule has 1 aliphatic heterocycles. The van der Waals surface area contributed by atoms with Gasteiger partial charge in [0.15, 0.2) is 5.13 Å². The number of amides is 1. The van der Waals surface area contributed by atoms with Crippen molar-refractivity contribution < 1.29 is 4.79 Å². The first-order valence-electron chi connectivity index (χ1n) is 7.45. The number of thiazole rings is 1. The van der Waals surface area contributed by atoms with Crippen LogP contribution < -0.4 is 11.1 Å². The maximum Gasteiger partial charge on any atom is 0.270 e. The molecule has 0 radical (unpaired) electrons. The summed E-state index contributed by atoms with van der Waals surface area (Å²) in [6, 6.07) is 0.800. The number of nitrogen functional groups attached to an aromatic ring is 1. The first kappa shape index (κ1) is 13.8. The van der Waals surface area contributed by atoms with Crippen molar-refractivity contribution in [2.45, 2.75) is 38.1 Å². The topological polar surface area (TPSA) is 71.2 Å². The molecule has 1 saturated heterocycles. The Labute approximate surface area is 123 Å². The van der Waals surface area contributed by atoms with E-state index in [9.17, 15) is 4.79 Å². The Morgan fingerprint density at radius 2 is 2.25 bits per heavy atom. The first-order valence-corrected chi connectivity index (χ1v) is 8.33. The number of likely N-dealkylation sites (tertiary alicyclic amines) is 1. The molecule has 6 heteroatoms. The second-order valence-electron chi connectivity index (χ2n) is 5.87. The Hall–Kier alpha value is -1.14. The lowest BCUT2D eigenvalue weighted by Gasteiger charge is -2.23. The van der Waals surface area contributed by atoms with Crippen LogP contribution >= 0.6 is 11.3 Å². The Morgan fingerprint density at radius 3 is 2.95 bits per heavy atom. The second kappa shape index (κ2) is 6.10. The Morgan fingerprint density at radius 1 is 1.45 bits per heavy atom. The van der Waals surface area contributed by atoms with Crippen LogP contribution in [0.4, 0.5) is 5.13 Å². The maximum atomic E-state index is 11.9. The number of carbonyl (C=O) groups is 1. The van der Waals surface area contributed by atoms with E-state index in [2.05, 4.69) is 15.2 Å². The fourth-order valence-corrected chi connectivity index (χ4v) is 3.89. The lowest BCUT2D eigenvalue weighted by molar-refractivity contribution is 0.0942. The van der Waals surface area contributed by atoms with Crippen molar-refractivity contribution in [3.05, 3.63) is 11.1 Å². The molecule has 1 saturated carbocycles. The highest BCUT2D eigenvalue weighted by atomic mass is 32.1. The van der Waals surface area contributed by atoms with Gasteiger partial charge in [0, 0.05) is 24.5 Å². The first-order chi connectivity index (χ1) is 9.72. The van der Waals surface area contributed by atoms with Crippen molar-refractivity contribution in [2.24, 2.45) is 5.92 Å². The lowest BCUT2D eigenvalue weighted by Crippen LogP contribution is -2.34. The summed E-state index contributed by atoms with van der Waals surface area (Å²) in [6.45, 7) is 3.07. The van der Waals surface area contributed by atoms with Crippen LogP contribution in [0.25, 0.3) is 0 Å². The zero-order chi connectivity index (χ0) is 13.9. The Bertz CT molecular complexity index is 469. The summed E-state index contributed by atoms with van der Waals surface area (Å²) in [4.78, 5) is 18.5. The molecule has 2 fully saturated rings. The van der Waals surface area contributed by atoms with E-state index in [0.29, 0.717) is 16.7 Å². The predicted octanol–water partition coefficient (Wildman–Crippen LogP) is 1.72. The van der Waals surface area contributed by atoms with Gasteiger partial charge in [-0.3, -0.25) is 4.79 Å². The van der Waals surface area contributed by atoms with Gasteiger partial charge in [0.2, 0.25) is 0 Å². The number of hydrogen-bond donors (Lipinski definition) is 2. The van der Waals surface area contributed by atoms with E-state index in [1.54, 1.807) is 5.38 Å². The average Bonchev–Trinajstić information content (AvgIpc) is 3.16. The number of carbonyl (C=O) groups excluding carboxylic acids is 1. The largest absolute Gasteiger partial charge is 0.375 e. The van der Waals surface area contributed by atoms with Crippen molar-refractivity contribution in [1.29, 1.82) is 0 Å². The average molecular weight is 294 g/mol. The molecular formula is C14H22N4OS. The van der Waals surface area contributed by atoms with Gasteiger partial charge < -0.3 is 16.0 Å². The minimum Gasteiger partial charge on any atom is -0.375 e. The monoisotopic (exact) mass is 294 g/mol. The van der Waals surface area contributed by atoms with Crippen LogP contribution in [-0.4, -0.2) is 41.5 Å². The number of anilines is 1. The SMILES string of the molecule is Nc1nc(C(=O)NC[C@H]2CCN(C3CCCC3)C2)cs1. The normalized spacial score (nSPS) is 24.3. The van der Waals surface area contributed by atoms with Gasteiger partial charge in [0.1, 0.15) is 5.69 Å². The number of rotatable bonds is 4. The molecule has 3 rings (SSSR count). The molecule has 1 aromatic rings. The summed E-state index contributed by atoms with van der Waals surface area (Å²) in [6.07, 6.45) is 6.67. The third kappa shape index (κ3) is 3.12. The standard InChI is InChI=1S/C14H22N4OS/c15-14-17-12(9-20-14)13(19)16-7-10-5-6-18(8-10)11-3-1-2-4-11/h9-11H,1-8H2,(H2,15,17)(H,16,19)/t10-/m1/s1. The second-order valence-corrected chi connectivity index (χ2v) is 6.76. The maximum absolute atomic E-state index is 11.9. The van der Waals surface area contributed by atoms with E-state index in [0.717, 1.165) is 19.1 Å². The number of nitrogens with two attached hydrogens (primary N) is 1. The highest BCUT2D eigenvalue weighted by Gasteiger charge is 2.30. The molecule has 1 aliphatic carbocycles. The molecule has 1 atom stereocenters. The molecule has 5 nitrogen and oxygen atoms in total. The van der Waals surface area contributed by atoms with Crippen LogP contribution in [-0.2, 0) is 0 Å². The molecule has 2 heterocycles. The van der Waals surface area contributed by atoms with Crippen molar-refractivity contribution in [2.75, 3.05) is 25.4 Å². The molecule has 1 amide bonds.